The third kappa shape index (κ3) is 2.93. The number of nitrogens with one attached hydrogen (secondary N) is 1. The van der Waals surface area contributed by atoms with E-state index in [-0.39, 0.29) is 12.1 Å². The van der Waals surface area contributed by atoms with Gasteiger partial charge in [0.05, 0.1) is 17.8 Å². The first-order valence-electron chi connectivity index (χ1n) is 7.09. The molecule has 1 aromatic heterocycles. The summed E-state index contributed by atoms with van der Waals surface area (Å²) in [5.74, 6) is 0.712. The molecule has 4 heteroatoms. The molecule has 0 spiro atoms. The van der Waals surface area contributed by atoms with Gasteiger partial charge < -0.3 is 10.1 Å². The summed E-state index contributed by atoms with van der Waals surface area (Å²) in [7, 11) is 1.83. The topological polar surface area (TPSA) is 39.1 Å². The van der Waals surface area contributed by atoms with Crippen molar-refractivity contribution in [3.63, 3.8) is 0 Å². The summed E-state index contributed by atoms with van der Waals surface area (Å²) in [5, 5.41) is 8.00. The summed E-state index contributed by atoms with van der Waals surface area (Å²) in [4.78, 5) is 0. The average molecular weight is 251 g/mol. The number of methoxy groups -OCH3 is 1. The average Bonchev–Trinajstić information content (AvgIpc) is 3.10. The number of rotatable bonds is 8. The molecule has 1 N–H and O–H groups in total. The lowest BCUT2D eigenvalue weighted by atomic mass is 10.0. The summed E-state index contributed by atoms with van der Waals surface area (Å²) in [5.41, 5.74) is 1.26. The van der Waals surface area contributed by atoms with Gasteiger partial charge in [0.25, 0.3) is 0 Å². The number of likely N-dealkylation sites (N-methyl/N-ethyl adjacent to an activating group) is 1. The van der Waals surface area contributed by atoms with Crippen LogP contribution in [0.25, 0.3) is 0 Å². The van der Waals surface area contributed by atoms with Gasteiger partial charge in [-0.1, -0.05) is 13.8 Å². The van der Waals surface area contributed by atoms with Gasteiger partial charge in [-0.15, -0.1) is 0 Å². The maximum Gasteiger partial charge on any atom is 0.0809 e. The standard InChI is InChI=1S/C14H25N3O/c1-4-10-17-12(8-9-16-17)13(15-5-2)14(18-3)11-6-7-11/h8-9,11,13-15H,4-7,10H2,1-3H3. The highest BCUT2D eigenvalue weighted by atomic mass is 16.5. The van der Waals surface area contributed by atoms with Crippen LogP contribution in [0.2, 0.25) is 0 Å². The Bertz CT molecular complexity index is 360. The molecule has 1 aromatic rings. The van der Waals surface area contributed by atoms with Gasteiger partial charge in [-0.05, 0) is 37.8 Å². The lowest BCUT2D eigenvalue weighted by Gasteiger charge is -2.27. The van der Waals surface area contributed by atoms with Gasteiger partial charge in [-0.2, -0.15) is 5.10 Å². The Labute approximate surface area is 110 Å². The van der Waals surface area contributed by atoms with Crippen molar-refractivity contribution < 1.29 is 4.74 Å². The van der Waals surface area contributed by atoms with Crippen molar-refractivity contribution in [3.8, 4) is 0 Å². The number of ether oxygens (including phenoxy) is 1. The Kier molecular flexibility index (Phi) is 4.78. The third-order valence-electron chi connectivity index (χ3n) is 3.61. The molecule has 1 aliphatic carbocycles. The molecular weight excluding hydrogens is 226 g/mol. The molecule has 0 amide bonds. The quantitative estimate of drug-likeness (QED) is 0.771. The van der Waals surface area contributed by atoms with Crippen LogP contribution in [0.15, 0.2) is 12.3 Å². The number of nitrogens with zero attached hydrogens (tertiary/aromatic N) is 2. The normalized spacial score (nSPS) is 18.8. The molecule has 0 bridgehead atoms. The van der Waals surface area contributed by atoms with Crippen LogP contribution in [0, 0.1) is 5.92 Å². The van der Waals surface area contributed by atoms with E-state index in [9.17, 15) is 0 Å². The van der Waals surface area contributed by atoms with Crippen LogP contribution in [0.4, 0.5) is 0 Å². The van der Waals surface area contributed by atoms with Crippen LogP contribution < -0.4 is 5.32 Å². The molecule has 0 radical (unpaired) electrons. The van der Waals surface area contributed by atoms with Gasteiger partial charge in [0.2, 0.25) is 0 Å². The molecule has 0 aliphatic heterocycles. The fourth-order valence-electron chi connectivity index (χ4n) is 2.64. The highest BCUT2D eigenvalue weighted by molar-refractivity contribution is 5.11. The Hall–Kier alpha value is -0.870. The van der Waals surface area contributed by atoms with Gasteiger partial charge in [-0.3, -0.25) is 4.68 Å². The Morgan fingerprint density at radius 1 is 1.50 bits per heavy atom. The number of aromatic nitrogens is 2. The number of hydrogen-bond donors (Lipinski definition) is 1. The molecule has 18 heavy (non-hydrogen) atoms. The van der Waals surface area contributed by atoms with Crippen molar-refractivity contribution in [2.75, 3.05) is 13.7 Å². The van der Waals surface area contributed by atoms with Crippen molar-refractivity contribution >= 4 is 0 Å². The Balaban J connectivity index is 2.19. The lowest BCUT2D eigenvalue weighted by molar-refractivity contribution is 0.0484. The van der Waals surface area contributed by atoms with Crippen LogP contribution in [-0.4, -0.2) is 29.5 Å². The summed E-state index contributed by atoms with van der Waals surface area (Å²) in [6.07, 6.45) is 5.87. The van der Waals surface area contributed by atoms with Crippen LogP contribution in [0.1, 0.15) is 44.8 Å². The molecule has 4 nitrogen and oxygen atoms in total. The minimum atomic E-state index is 0.265. The third-order valence-corrected chi connectivity index (χ3v) is 3.61. The molecule has 0 aromatic carbocycles. The second kappa shape index (κ2) is 6.34. The largest absolute Gasteiger partial charge is 0.379 e. The van der Waals surface area contributed by atoms with Crippen LogP contribution in [-0.2, 0) is 11.3 Å². The first-order valence-corrected chi connectivity index (χ1v) is 7.09. The second-order valence-corrected chi connectivity index (χ2v) is 5.05. The Morgan fingerprint density at radius 2 is 2.28 bits per heavy atom. The summed E-state index contributed by atoms with van der Waals surface area (Å²) in [6.45, 7) is 6.26. The van der Waals surface area contributed by atoms with E-state index in [4.69, 9.17) is 4.74 Å². The van der Waals surface area contributed by atoms with E-state index in [1.54, 1.807) is 0 Å². The van der Waals surface area contributed by atoms with Crippen molar-refractivity contribution in [3.05, 3.63) is 18.0 Å². The minimum Gasteiger partial charge on any atom is -0.379 e. The fraction of sp³-hybridized carbons (Fsp3) is 0.786. The van der Waals surface area contributed by atoms with E-state index < -0.39 is 0 Å². The van der Waals surface area contributed by atoms with Crippen LogP contribution in [0.3, 0.4) is 0 Å². The van der Waals surface area contributed by atoms with Gasteiger partial charge in [0, 0.05) is 19.9 Å². The molecule has 1 heterocycles. The minimum absolute atomic E-state index is 0.265. The van der Waals surface area contributed by atoms with Gasteiger partial charge in [-0.25, -0.2) is 0 Å². The zero-order valence-corrected chi connectivity index (χ0v) is 11.7. The lowest BCUT2D eigenvalue weighted by Crippen LogP contribution is -2.36. The maximum absolute atomic E-state index is 5.74. The SMILES string of the molecule is CCCn1nccc1C(NCC)C(OC)C1CC1. The highest BCUT2D eigenvalue weighted by Gasteiger charge is 2.38. The van der Waals surface area contributed by atoms with E-state index >= 15 is 0 Å². The molecule has 102 valence electrons. The van der Waals surface area contributed by atoms with Crippen molar-refractivity contribution in [2.45, 2.75) is 51.8 Å². The van der Waals surface area contributed by atoms with Gasteiger partial charge >= 0.3 is 0 Å². The first-order chi connectivity index (χ1) is 8.81. The molecule has 2 atom stereocenters. The van der Waals surface area contributed by atoms with E-state index in [0.717, 1.165) is 19.5 Å². The predicted octanol–water partition coefficient (Wildman–Crippen LogP) is 2.37. The van der Waals surface area contributed by atoms with E-state index in [1.165, 1.54) is 18.5 Å². The molecular formula is C14H25N3O. The predicted molar refractivity (Wildman–Crippen MR) is 72.5 cm³/mol. The zero-order chi connectivity index (χ0) is 13.0. The second-order valence-electron chi connectivity index (χ2n) is 5.05. The van der Waals surface area contributed by atoms with Gasteiger partial charge in [0.1, 0.15) is 0 Å². The van der Waals surface area contributed by atoms with E-state index in [2.05, 4.69) is 35.0 Å². The number of aryl methyl sites for hydroxylation is 1. The Morgan fingerprint density at radius 3 is 2.83 bits per heavy atom. The zero-order valence-electron chi connectivity index (χ0n) is 11.7. The van der Waals surface area contributed by atoms with E-state index in [1.807, 2.05) is 13.3 Å². The highest BCUT2D eigenvalue weighted by Crippen LogP contribution is 2.39. The monoisotopic (exact) mass is 251 g/mol. The fourth-order valence-corrected chi connectivity index (χ4v) is 2.64. The maximum atomic E-state index is 5.74. The molecule has 1 saturated carbocycles. The van der Waals surface area contributed by atoms with Crippen molar-refractivity contribution in [1.29, 1.82) is 0 Å². The smallest absolute Gasteiger partial charge is 0.0809 e. The van der Waals surface area contributed by atoms with E-state index in [0.29, 0.717) is 5.92 Å². The molecule has 2 rings (SSSR count). The molecule has 1 fully saturated rings. The molecule has 2 unspecified atom stereocenters. The van der Waals surface area contributed by atoms with Crippen molar-refractivity contribution in [1.82, 2.24) is 15.1 Å². The van der Waals surface area contributed by atoms with Crippen LogP contribution in [0.5, 0.6) is 0 Å². The molecule has 0 saturated heterocycles. The molecule has 1 aliphatic rings. The first kappa shape index (κ1) is 13.6. The van der Waals surface area contributed by atoms with Crippen LogP contribution >= 0.6 is 0 Å². The van der Waals surface area contributed by atoms with Gasteiger partial charge in [0.15, 0.2) is 0 Å². The van der Waals surface area contributed by atoms with Crippen molar-refractivity contribution in [2.24, 2.45) is 5.92 Å². The summed E-state index contributed by atoms with van der Waals surface area (Å²) in [6, 6.07) is 2.39. The summed E-state index contributed by atoms with van der Waals surface area (Å²) < 4.78 is 7.86. The number of hydrogen-bond acceptors (Lipinski definition) is 3. The summed E-state index contributed by atoms with van der Waals surface area (Å²) >= 11 is 0.